The third-order valence-electron chi connectivity index (χ3n) is 2.72. The molecule has 0 radical (unpaired) electrons. The highest BCUT2D eigenvalue weighted by Gasteiger charge is 2.24. The monoisotopic (exact) mass is 200 g/mol. The molecule has 1 rings (SSSR count). The van der Waals surface area contributed by atoms with E-state index in [4.69, 9.17) is 10.5 Å². The second kappa shape index (κ2) is 7.21. The van der Waals surface area contributed by atoms with Gasteiger partial charge in [-0.1, -0.05) is 13.3 Å². The molecule has 0 aromatic rings. The quantitative estimate of drug-likeness (QED) is 0.580. The SMILES string of the molecule is CCCCOCCCNC1CC(N)C1. The number of ether oxygens (including phenoxy) is 1. The molecule has 0 aliphatic heterocycles. The molecule has 3 N–H and O–H groups in total. The van der Waals surface area contributed by atoms with Crippen LogP contribution in [0.1, 0.15) is 39.0 Å². The van der Waals surface area contributed by atoms with Gasteiger partial charge in [0.25, 0.3) is 0 Å². The largest absolute Gasteiger partial charge is 0.381 e. The number of hydrogen-bond donors (Lipinski definition) is 2. The molecule has 0 amide bonds. The van der Waals surface area contributed by atoms with Crippen LogP contribution in [0.25, 0.3) is 0 Å². The Morgan fingerprint density at radius 2 is 2.00 bits per heavy atom. The topological polar surface area (TPSA) is 47.3 Å². The van der Waals surface area contributed by atoms with Gasteiger partial charge in [0.15, 0.2) is 0 Å². The average molecular weight is 200 g/mol. The van der Waals surface area contributed by atoms with Gasteiger partial charge >= 0.3 is 0 Å². The summed E-state index contributed by atoms with van der Waals surface area (Å²) >= 11 is 0. The third kappa shape index (κ3) is 4.94. The van der Waals surface area contributed by atoms with Crippen molar-refractivity contribution in [3.8, 4) is 0 Å². The summed E-state index contributed by atoms with van der Waals surface area (Å²) < 4.78 is 5.46. The molecule has 1 aliphatic rings. The second-order valence-electron chi connectivity index (χ2n) is 4.20. The predicted molar refractivity (Wildman–Crippen MR) is 59.3 cm³/mol. The lowest BCUT2D eigenvalue weighted by Crippen LogP contribution is -2.48. The standard InChI is InChI=1S/C11H24N2O/c1-2-3-6-14-7-4-5-13-11-8-10(12)9-11/h10-11,13H,2-9,12H2,1H3. The maximum absolute atomic E-state index is 5.69. The fourth-order valence-electron chi connectivity index (χ4n) is 1.66. The molecule has 0 bridgehead atoms. The number of hydrogen-bond acceptors (Lipinski definition) is 3. The summed E-state index contributed by atoms with van der Waals surface area (Å²) in [5.74, 6) is 0. The molecule has 0 spiro atoms. The van der Waals surface area contributed by atoms with Crippen molar-refractivity contribution in [2.45, 2.75) is 51.1 Å². The maximum Gasteiger partial charge on any atom is 0.0478 e. The summed E-state index contributed by atoms with van der Waals surface area (Å²) in [4.78, 5) is 0. The van der Waals surface area contributed by atoms with Crippen molar-refractivity contribution in [2.24, 2.45) is 5.73 Å². The summed E-state index contributed by atoms with van der Waals surface area (Å²) in [5.41, 5.74) is 5.69. The molecule has 0 heterocycles. The third-order valence-corrected chi connectivity index (χ3v) is 2.72. The van der Waals surface area contributed by atoms with Crippen LogP contribution in [0.3, 0.4) is 0 Å². The Bertz CT molecular complexity index is 135. The van der Waals surface area contributed by atoms with Gasteiger partial charge in [-0.2, -0.15) is 0 Å². The molecule has 0 unspecified atom stereocenters. The first-order chi connectivity index (χ1) is 6.83. The number of rotatable bonds is 8. The predicted octanol–water partition coefficient (Wildman–Crippen LogP) is 1.27. The fourth-order valence-corrected chi connectivity index (χ4v) is 1.66. The Kier molecular flexibility index (Phi) is 6.15. The van der Waals surface area contributed by atoms with E-state index in [0.29, 0.717) is 12.1 Å². The first kappa shape index (κ1) is 12.0. The van der Waals surface area contributed by atoms with Crippen LogP contribution >= 0.6 is 0 Å². The summed E-state index contributed by atoms with van der Waals surface area (Å²) in [7, 11) is 0. The van der Waals surface area contributed by atoms with Gasteiger partial charge in [0.1, 0.15) is 0 Å². The molecule has 0 aromatic carbocycles. The van der Waals surface area contributed by atoms with Gasteiger partial charge in [-0.15, -0.1) is 0 Å². The summed E-state index contributed by atoms with van der Waals surface area (Å²) in [6.45, 7) is 5.07. The highest BCUT2D eigenvalue weighted by molar-refractivity contribution is 4.87. The highest BCUT2D eigenvalue weighted by atomic mass is 16.5. The minimum absolute atomic E-state index is 0.452. The van der Waals surface area contributed by atoms with E-state index in [1.807, 2.05) is 0 Å². The van der Waals surface area contributed by atoms with Gasteiger partial charge in [0.05, 0.1) is 0 Å². The van der Waals surface area contributed by atoms with Crippen molar-refractivity contribution >= 4 is 0 Å². The number of nitrogens with two attached hydrogens (primary N) is 1. The fraction of sp³-hybridized carbons (Fsp3) is 1.00. The van der Waals surface area contributed by atoms with E-state index >= 15 is 0 Å². The van der Waals surface area contributed by atoms with E-state index in [1.165, 1.54) is 12.8 Å². The van der Waals surface area contributed by atoms with Crippen molar-refractivity contribution in [1.29, 1.82) is 0 Å². The maximum atomic E-state index is 5.69. The molecule has 1 aliphatic carbocycles. The molecular formula is C11H24N2O. The molecule has 84 valence electrons. The molecule has 14 heavy (non-hydrogen) atoms. The zero-order chi connectivity index (χ0) is 10.2. The van der Waals surface area contributed by atoms with E-state index in [1.54, 1.807) is 0 Å². The van der Waals surface area contributed by atoms with Crippen LogP contribution in [-0.4, -0.2) is 31.8 Å². The van der Waals surface area contributed by atoms with Gasteiger partial charge in [-0.05, 0) is 32.2 Å². The molecule has 3 heteroatoms. The minimum atomic E-state index is 0.452. The van der Waals surface area contributed by atoms with Crippen molar-refractivity contribution in [3.05, 3.63) is 0 Å². The summed E-state index contributed by atoms with van der Waals surface area (Å²) in [5, 5.41) is 3.48. The second-order valence-corrected chi connectivity index (χ2v) is 4.20. The Hall–Kier alpha value is -0.120. The van der Waals surface area contributed by atoms with Gasteiger partial charge in [-0.25, -0.2) is 0 Å². The number of nitrogens with one attached hydrogen (secondary N) is 1. The normalized spacial score (nSPS) is 26.1. The van der Waals surface area contributed by atoms with Crippen LogP contribution in [-0.2, 0) is 4.74 Å². The van der Waals surface area contributed by atoms with Crippen molar-refractivity contribution < 1.29 is 4.74 Å². The first-order valence-corrected chi connectivity index (χ1v) is 5.89. The molecule has 3 nitrogen and oxygen atoms in total. The van der Waals surface area contributed by atoms with Crippen LogP contribution in [0.4, 0.5) is 0 Å². The molecule has 0 saturated heterocycles. The van der Waals surface area contributed by atoms with Gasteiger partial charge in [0.2, 0.25) is 0 Å². The summed E-state index contributed by atoms with van der Waals surface area (Å²) in [6.07, 6.45) is 5.83. The van der Waals surface area contributed by atoms with E-state index in [0.717, 1.165) is 39.0 Å². The molecule has 1 saturated carbocycles. The van der Waals surface area contributed by atoms with Crippen LogP contribution in [0.15, 0.2) is 0 Å². The molecule has 0 atom stereocenters. The van der Waals surface area contributed by atoms with E-state index in [9.17, 15) is 0 Å². The lowest BCUT2D eigenvalue weighted by molar-refractivity contribution is 0.127. The Labute approximate surface area is 87.4 Å². The van der Waals surface area contributed by atoms with Gasteiger partial charge < -0.3 is 15.8 Å². The Balaban J connectivity index is 1.72. The van der Waals surface area contributed by atoms with Crippen molar-refractivity contribution in [1.82, 2.24) is 5.32 Å². The lowest BCUT2D eigenvalue weighted by Gasteiger charge is -2.33. The van der Waals surface area contributed by atoms with Crippen molar-refractivity contribution in [3.63, 3.8) is 0 Å². The molecular weight excluding hydrogens is 176 g/mol. The van der Waals surface area contributed by atoms with E-state index in [-0.39, 0.29) is 0 Å². The van der Waals surface area contributed by atoms with Gasteiger partial charge in [0, 0.05) is 25.3 Å². The Morgan fingerprint density at radius 3 is 2.64 bits per heavy atom. The van der Waals surface area contributed by atoms with Crippen LogP contribution in [0, 0.1) is 0 Å². The van der Waals surface area contributed by atoms with E-state index in [2.05, 4.69) is 12.2 Å². The van der Waals surface area contributed by atoms with Crippen molar-refractivity contribution in [2.75, 3.05) is 19.8 Å². The van der Waals surface area contributed by atoms with E-state index < -0.39 is 0 Å². The van der Waals surface area contributed by atoms with Crippen LogP contribution < -0.4 is 11.1 Å². The lowest BCUT2D eigenvalue weighted by atomic mass is 9.88. The van der Waals surface area contributed by atoms with Crippen LogP contribution in [0.5, 0.6) is 0 Å². The zero-order valence-electron chi connectivity index (χ0n) is 9.30. The number of unbranched alkanes of at least 4 members (excludes halogenated alkanes) is 1. The molecule has 0 aromatic heterocycles. The summed E-state index contributed by atoms with van der Waals surface area (Å²) in [6, 6.07) is 1.13. The zero-order valence-corrected chi connectivity index (χ0v) is 9.30. The molecule has 1 fully saturated rings. The minimum Gasteiger partial charge on any atom is -0.381 e. The van der Waals surface area contributed by atoms with Gasteiger partial charge in [-0.3, -0.25) is 0 Å². The van der Waals surface area contributed by atoms with Crippen LogP contribution in [0.2, 0.25) is 0 Å². The Morgan fingerprint density at radius 1 is 1.29 bits per heavy atom. The average Bonchev–Trinajstić information content (AvgIpc) is 2.13. The smallest absolute Gasteiger partial charge is 0.0478 e. The highest BCUT2D eigenvalue weighted by Crippen LogP contribution is 2.16. The first-order valence-electron chi connectivity index (χ1n) is 5.89.